The Morgan fingerprint density at radius 2 is 1.95 bits per heavy atom. The minimum Gasteiger partial charge on any atom is -0.366 e. The van der Waals surface area contributed by atoms with Crippen LogP contribution in [0.5, 0.6) is 0 Å². The lowest BCUT2D eigenvalue weighted by Gasteiger charge is -2.18. The molecule has 1 atom stereocenters. The van der Waals surface area contributed by atoms with E-state index in [-0.39, 0.29) is 16.9 Å². The number of aliphatic hydroxyl groups is 1. The molecule has 1 aromatic rings. The van der Waals surface area contributed by atoms with E-state index in [0.29, 0.717) is 11.1 Å². The fraction of sp³-hybridized carbons (Fsp3) is 0.133. The Labute approximate surface area is 115 Å². The summed E-state index contributed by atoms with van der Waals surface area (Å²) >= 11 is 0. The Hall–Kier alpha value is -2.98. The number of rotatable bonds is 2. The van der Waals surface area contributed by atoms with Gasteiger partial charge in [-0.1, -0.05) is 30.3 Å². The smallest absolute Gasteiger partial charge is 0.182 e. The summed E-state index contributed by atoms with van der Waals surface area (Å²) in [6.07, 6.45) is 0. The van der Waals surface area contributed by atoms with Gasteiger partial charge in [0, 0.05) is 5.57 Å². The van der Waals surface area contributed by atoms with Crippen LogP contribution in [0.1, 0.15) is 12.5 Å². The molecule has 2 rings (SSSR count). The van der Waals surface area contributed by atoms with Crippen molar-refractivity contribution in [2.75, 3.05) is 0 Å². The second-order valence-corrected chi connectivity index (χ2v) is 4.32. The van der Waals surface area contributed by atoms with Crippen LogP contribution in [0.4, 0.5) is 0 Å². The molecule has 0 fully saturated rings. The molecule has 1 unspecified atom stereocenters. The van der Waals surface area contributed by atoms with E-state index in [2.05, 4.69) is 4.99 Å². The van der Waals surface area contributed by atoms with Crippen molar-refractivity contribution in [3.63, 3.8) is 0 Å². The molecule has 0 aromatic heterocycles. The normalized spacial score (nSPS) is 20.7. The third-order valence-corrected chi connectivity index (χ3v) is 2.94. The van der Waals surface area contributed by atoms with Crippen molar-refractivity contribution in [2.45, 2.75) is 12.6 Å². The predicted molar refractivity (Wildman–Crippen MR) is 73.9 cm³/mol. The number of hydrogen-bond donors (Lipinski definition) is 2. The second-order valence-electron chi connectivity index (χ2n) is 4.32. The average molecular weight is 262 g/mol. The van der Waals surface area contributed by atoms with Crippen molar-refractivity contribution >= 4 is 17.2 Å². The maximum Gasteiger partial charge on any atom is 0.182 e. The van der Waals surface area contributed by atoms with E-state index >= 15 is 0 Å². The lowest BCUT2D eigenvalue weighted by Crippen LogP contribution is -2.20. The third-order valence-electron chi connectivity index (χ3n) is 2.94. The minimum atomic E-state index is -1.61. The van der Waals surface area contributed by atoms with Crippen LogP contribution in [-0.2, 0) is 0 Å². The topological polar surface area (TPSA) is 104 Å². The first-order valence-corrected chi connectivity index (χ1v) is 5.78. The molecule has 0 radical (unpaired) electrons. The van der Waals surface area contributed by atoms with Crippen molar-refractivity contribution in [1.29, 1.82) is 15.9 Å². The summed E-state index contributed by atoms with van der Waals surface area (Å²) in [4.78, 5) is 4.01. The third kappa shape index (κ3) is 2.04. The quantitative estimate of drug-likeness (QED) is 0.627. The van der Waals surface area contributed by atoms with E-state index in [1.54, 1.807) is 30.3 Å². The van der Waals surface area contributed by atoms with Crippen LogP contribution in [0.3, 0.4) is 0 Å². The molecule has 2 N–H and O–H groups in total. The van der Waals surface area contributed by atoms with Crippen LogP contribution in [0.15, 0.2) is 46.5 Å². The summed E-state index contributed by atoms with van der Waals surface area (Å²) in [6, 6.07) is 12.6. The van der Waals surface area contributed by atoms with E-state index in [0.717, 1.165) is 0 Å². The Morgan fingerprint density at radius 3 is 2.45 bits per heavy atom. The summed E-state index contributed by atoms with van der Waals surface area (Å²) in [5.74, 6) is 1.95. The maximum atomic E-state index is 10.4. The molecule has 1 aliphatic heterocycles. The second kappa shape index (κ2) is 4.95. The molecule has 20 heavy (non-hydrogen) atoms. The highest BCUT2D eigenvalue weighted by Crippen LogP contribution is 2.38. The van der Waals surface area contributed by atoms with Crippen LogP contribution in [-0.4, -0.2) is 22.4 Å². The van der Waals surface area contributed by atoms with Crippen molar-refractivity contribution < 1.29 is 5.11 Å². The summed E-state index contributed by atoms with van der Waals surface area (Å²) in [5, 5.41) is 35.8. The van der Waals surface area contributed by atoms with Gasteiger partial charge in [0.15, 0.2) is 5.72 Å². The minimum absolute atomic E-state index is 0.00820. The lowest BCUT2D eigenvalue weighted by atomic mass is 9.92. The highest BCUT2D eigenvalue weighted by Gasteiger charge is 2.38. The van der Waals surface area contributed by atoms with Gasteiger partial charge in [-0.25, -0.2) is 4.99 Å². The Morgan fingerprint density at radius 1 is 1.30 bits per heavy atom. The van der Waals surface area contributed by atoms with Crippen molar-refractivity contribution in [3.8, 4) is 12.1 Å². The molecule has 1 aromatic carbocycles. The number of nitrogens with zero attached hydrogens (tertiary/aromatic N) is 3. The molecule has 5 nitrogen and oxygen atoms in total. The monoisotopic (exact) mass is 262 g/mol. The molecule has 0 aliphatic carbocycles. The highest BCUT2D eigenvalue weighted by molar-refractivity contribution is 6.27. The number of hydrogen-bond acceptors (Lipinski definition) is 5. The first-order valence-electron chi connectivity index (χ1n) is 5.78. The summed E-state index contributed by atoms with van der Waals surface area (Å²) in [7, 11) is 0. The molecule has 0 bridgehead atoms. The Balaban J connectivity index is 2.74. The number of allylic oxidation sites excluding steroid dienone is 2. The van der Waals surface area contributed by atoms with E-state index in [1.165, 1.54) is 6.92 Å². The van der Waals surface area contributed by atoms with Crippen molar-refractivity contribution in [3.05, 3.63) is 47.0 Å². The average Bonchev–Trinajstić information content (AvgIpc) is 2.72. The number of aliphatic imine (C=N–C) groups is 1. The first-order chi connectivity index (χ1) is 9.55. The zero-order valence-electron chi connectivity index (χ0n) is 10.7. The molecule has 0 saturated carbocycles. The number of nitriles is 2. The van der Waals surface area contributed by atoms with Crippen LogP contribution in [0.2, 0.25) is 0 Å². The van der Waals surface area contributed by atoms with E-state index in [1.807, 2.05) is 18.0 Å². The van der Waals surface area contributed by atoms with Crippen LogP contribution >= 0.6 is 0 Å². The fourth-order valence-electron chi connectivity index (χ4n) is 2.14. The maximum absolute atomic E-state index is 10.4. The zero-order valence-corrected chi connectivity index (χ0v) is 10.7. The molecule has 0 amide bonds. The molecule has 0 saturated heterocycles. The van der Waals surface area contributed by atoms with Crippen LogP contribution in [0, 0.1) is 28.1 Å². The molecule has 0 spiro atoms. The van der Waals surface area contributed by atoms with Gasteiger partial charge < -0.3 is 5.11 Å². The molecule has 1 heterocycles. The van der Waals surface area contributed by atoms with Gasteiger partial charge in [0.25, 0.3) is 0 Å². The van der Waals surface area contributed by atoms with Crippen molar-refractivity contribution in [2.24, 2.45) is 4.99 Å². The molecule has 5 heteroatoms. The SMILES string of the molecule is CC1(O)N=C(C(=C=N)C#N)C(C#N)=C1c1ccccc1. The van der Waals surface area contributed by atoms with Crippen LogP contribution in [0.25, 0.3) is 5.57 Å². The van der Waals surface area contributed by atoms with Gasteiger partial charge in [-0.2, -0.15) is 10.5 Å². The van der Waals surface area contributed by atoms with Gasteiger partial charge in [-0.05, 0) is 18.4 Å². The Kier molecular flexibility index (Phi) is 3.33. The molecule has 1 aliphatic rings. The van der Waals surface area contributed by atoms with Crippen molar-refractivity contribution in [1.82, 2.24) is 0 Å². The molecular weight excluding hydrogens is 252 g/mol. The van der Waals surface area contributed by atoms with Gasteiger partial charge in [0.05, 0.1) is 5.57 Å². The van der Waals surface area contributed by atoms with E-state index in [4.69, 9.17) is 10.7 Å². The van der Waals surface area contributed by atoms with Gasteiger partial charge in [-0.3, -0.25) is 5.41 Å². The zero-order chi connectivity index (χ0) is 14.8. The molecule has 96 valence electrons. The van der Waals surface area contributed by atoms with Gasteiger partial charge in [0.1, 0.15) is 23.4 Å². The first kappa shape index (κ1) is 13.5. The number of nitrogens with one attached hydrogen (secondary N) is 1. The van der Waals surface area contributed by atoms with E-state index in [9.17, 15) is 10.4 Å². The summed E-state index contributed by atoms with van der Waals surface area (Å²) in [6.45, 7) is 1.44. The van der Waals surface area contributed by atoms with Gasteiger partial charge in [0.2, 0.25) is 0 Å². The predicted octanol–water partition coefficient (Wildman–Crippen LogP) is 1.83. The van der Waals surface area contributed by atoms with E-state index < -0.39 is 5.72 Å². The fourth-order valence-corrected chi connectivity index (χ4v) is 2.14. The largest absolute Gasteiger partial charge is 0.366 e. The Bertz CT molecular complexity index is 751. The standard InChI is InChI=1S/C15H10N4O/c1-15(20)13(10-5-3-2-4-6-10)12(9-18)14(19-15)11(7-16)8-17/h2-6,16,20H,1H3. The number of benzene rings is 1. The summed E-state index contributed by atoms with van der Waals surface area (Å²) < 4.78 is 0. The van der Waals surface area contributed by atoms with Crippen LogP contribution < -0.4 is 0 Å². The van der Waals surface area contributed by atoms with Gasteiger partial charge >= 0.3 is 0 Å². The molecular formula is C15H10N4O. The lowest BCUT2D eigenvalue weighted by molar-refractivity contribution is 0.135. The summed E-state index contributed by atoms with van der Waals surface area (Å²) in [5.41, 5.74) is -0.700. The highest BCUT2D eigenvalue weighted by atomic mass is 16.3. The van der Waals surface area contributed by atoms with Gasteiger partial charge in [-0.15, -0.1) is 0 Å².